The predicted molar refractivity (Wildman–Crippen MR) is 79.4 cm³/mol. The van der Waals surface area contributed by atoms with Gasteiger partial charge in [-0.3, -0.25) is 0 Å². The van der Waals surface area contributed by atoms with E-state index in [0.29, 0.717) is 6.61 Å². The first kappa shape index (κ1) is 16.3. The van der Waals surface area contributed by atoms with Crippen LogP contribution in [0, 0.1) is 0 Å². The summed E-state index contributed by atoms with van der Waals surface area (Å²) in [5, 5.41) is 3.56. The number of benzene rings is 1. The fourth-order valence-electron chi connectivity index (χ4n) is 2.52. The normalized spacial score (nSPS) is 25.9. The Labute approximate surface area is 128 Å². The fourth-order valence-corrected chi connectivity index (χ4v) is 2.74. The van der Waals surface area contributed by atoms with E-state index in [9.17, 15) is 8.78 Å². The maximum Gasteiger partial charge on any atom is 0.387 e. The summed E-state index contributed by atoms with van der Waals surface area (Å²) in [5.41, 5.74) is 0.685. The molecule has 2 atom stereocenters. The molecule has 0 aromatic heterocycles. The third-order valence-electron chi connectivity index (χ3n) is 3.86. The lowest BCUT2D eigenvalue weighted by molar-refractivity contribution is -0.0709. The van der Waals surface area contributed by atoms with Crippen molar-refractivity contribution in [1.82, 2.24) is 0 Å². The SMILES string of the molecule is CCC1(C)CC(Nc2ccc(OC(F)F)c(Cl)c2)CCO1. The number of rotatable bonds is 5. The van der Waals surface area contributed by atoms with Gasteiger partial charge in [-0.1, -0.05) is 18.5 Å². The first-order valence-electron chi connectivity index (χ1n) is 7.07. The van der Waals surface area contributed by atoms with Gasteiger partial charge in [0.05, 0.1) is 10.6 Å². The van der Waals surface area contributed by atoms with Crippen LogP contribution in [0.3, 0.4) is 0 Å². The Balaban J connectivity index is 2.01. The molecule has 0 aliphatic carbocycles. The van der Waals surface area contributed by atoms with Gasteiger partial charge in [0.1, 0.15) is 5.75 Å². The maximum absolute atomic E-state index is 12.2. The van der Waals surface area contributed by atoms with E-state index >= 15 is 0 Å². The first-order valence-corrected chi connectivity index (χ1v) is 7.44. The van der Waals surface area contributed by atoms with Crippen molar-refractivity contribution in [2.24, 2.45) is 0 Å². The number of halogens is 3. The highest BCUT2D eigenvalue weighted by molar-refractivity contribution is 6.32. The molecule has 1 saturated heterocycles. The molecular formula is C15H20ClF2NO2. The van der Waals surface area contributed by atoms with Crippen molar-refractivity contribution in [3.8, 4) is 5.75 Å². The van der Waals surface area contributed by atoms with Crippen molar-refractivity contribution < 1.29 is 18.3 Å². The molecular weight excluding hydrogens is 300 g/mol. The lowest BCUT2D eigenvalue weighted by atomic mass is 9.90. The Morgan fingerprint density at radius 2 is 2.29 bits per heavy atom. The molecule has 2 rings (SSSR count). The Kier molecular flexibility index (Phi) is 5.27. The van der Waals surface area contributed by atoms with E-state index in [1.54, 1.807) is 12.1 Å². The molecule has 0 spiro atoms. The van der Waals surface area contributed by atoms with Gasteiger partial charge in [-0.2, -0.15) is 8.78 Å². The van der Waals surface area contributed by atoms with Crippen molar-refractivity contribution in [3.63, 3.8) is 0 Å². The lowest BCUT2D eigenvalue weighted by Gasteiger charge is -2.38. The van der Waals surface area contributed by atoms with Gasteiger partial charge in [-0.05, 0) is 44.4 Å². The molecule has 1 aromatic carbocycles. The molecule has 1 aliphatic heterocycles. The smallest absolute Gasteiger partial charge is 0.387 e. The Morgan fingerprint density at radius 3 is 2.90 bits per heavy atom. The summed E-state index contributed by atoms with van der Waals surface area (Å²) >= 11 is 5.95. The largest absolute Gasteiger partial charge is 0.433 e. The third kappa shape index (κ3) is 4.45. The van der Waals surface area contributed by atoms with E-state index in [-0.39, 0.29) is 22.4 Å². The van der Waals surface area contributed by atoms with Crippen LogP contribution in [0.15, 0.2) is 18.2 Å². The van der Waals surface area contributed by atoms with E-state index in [1.807, 2.05) is 0 Å². The van der Waals surface area contributed by atoms with E-state index in [4.69, 9.17) is 16.3 Å². The number of anilines is 1. The summed E-state index contributed by atoms with van der Waals surface area (Å²) < 4.78 is 34.5. The second-order valence-corrected chi connectivity index (χ2v) is 5.92. The van der Waals surface area contributed by atoms with Crippen LogP contribution in [0.25, 0.3) is 0 Å². The number of hydrogen-bond acceptors (Lipinski definition) is 3. The summed E-state index contributed by atoms with van der Waals surface area (Å²) in [4.78, 5) is 0. The summed E-state index contributed by atoms with van der Waals surface area (Å²) in [6.07, 6.45) is 2.76. The van der Waals surface area contributed by atoms with Crippen molar-refractivity contribution in [3.05, 3.63) is 23.2 Å². The van der Waals surface area contributed by atoms with Crippen LogP contribution in [0.5, 0.6) is 5.75 Å². The molecule has 0 radical (unpaired) electrons. The van der Waals surface area contributed by atoms with Crippen molar-refractivity contribution >= 4 is 17.3 Å². The number of alkyl halides is 2. The highest BCUT2D eigenvalue weighted by atomic mass is 35.5. The monoisotopic (exact) mass is 319 g/mol. The summed E-state index contributed by atoms with van der Waals surface area (Å²) in [6, 6.07) is 5.04. The van der Waals surface area contributed by atoms with Crippen LogP contribution in [0.1, 0.15) is 33.1 Å². The molecule has 0 bridgehead atoms. The molecule has 0 amide bonds. The molecule has 2 unspecified atom stereocenters. The average molecular weight is 320 g/mol. The zero-order valence-electron chi connectivity index (χ0n) is 12.2. The average Bonchev–Trinajstić information content (AvgIpc) is 2.42. The fraction of sp³-hybridized carbons (Fsp3) is 0.600. The van der Waals surface area contributed by atoms with Crippen LogP contribution in [-0.2, 0) is 4.74 Å². The van der Waals surface area contributed by atoms with E-state index < -0.39 is 6.61 Å². The minimum absolute atomic E-state index is 0.0115. The minimum Gasteiger partial charge on any atom is -0.433 e. The topological polar surface area (TPSA) is 30.5 Å². The number of ether oxygens (including phenoxy) is 2. The zero-order chi connectivity index (χ0) is 15.5. The number of nitrogens with one attached hydrogen (secondary N) is 1. The Bertz CT molecular complexity index is 487. The van der Waals surface area contributed by atoms with Crippen LogP contribution in [0.4, 0.5) is 14.5 Å². The molecule has 118 valence electrons. The van der Waals surface area contributed by atoms with Crippen molar-refractivity contribution in [2.45, 2.75) is 51.4 Å². The van der Waals surface area contributed by atoms with Crippen LogP contribution in [0.2, 0.25) is 5.02 Å². The van der Waals surface area contributed by atoms with Crippen LogP contribution in [-0.4, -0.2) is 24.9 Å². The Morgan fingerprint density at radius 1 is 1.52 bits per heavy atom. The van der Waals surface area contributed by atoms with Gasteiger partial charge < -0.3 is 14.8 Å². The highest BCUT2D eigenvalue weighted by Crippen LogP contribution is 2.32. The third-order valence-corrected chi connectivity index (χ3v) is 4.16. The molecule has 1 aliphatic rings. The lowest BCUT2D eigenvalue weighted by Crippen LogP contribution is -2.41. The minimum atomic E-state index is -2.87. The quantitative estimate of drug-likeness (QED) is 0.853. The van der Waals surface area contributed by atoms with Gasteiger partial charge in [0.2, 0.25) is 0 Å². The second kappa shape index (κ2) is 6.79. The van der Waals surface area contributed by atoms with Crippen LogP contribution >= 0.6 is 11.6 Å². The molecule has 6 heteroatoms. The zero-order valence-corrected chi connectivity index (χ0v) is 12.9. The van der Waals surface area contributed by atoms with Gasteiger partial charge in [0, 0.05) is 18.3 Å². The van der Waals surface area contributed by atoms with E-state index in [1.165, 1.54) is 6.07 Å². The van der Waals surface area contributed by atoms with Gasteiger partial charge in [0.25, 0.3) is 0 Å². The second-order valence-electron chi connectivity index (χ2n) is 5.51. The van der Waals surface area contributed by atoms with E-state index in [0.717, 1.165) is 24.9 Å². The molecule has 1 fully saturated rings. The van der Waals surface area contributed by atoms with Gasteiger partial charge in [-0.15, -0.1) is 0 Å². The summed E-state index contributed by atoms with van der Waals surface area (Å²) in [6.45, 7) is 2.05. The summed E-state index contributed by atoms with van der Waals surface area (Å²) in [5.74, 6) is -0.0115. The predicted octanol–water partition coefficient (Wildman–Crippen LogP) is 4.70. The summed E-state index contributed by atoms with van der Waals surface area (Å²) in [7, 11) is 0. The van der Waals surface area contributed by atoms with Gasteiger partial charge in [0.15, 0.2) is 0 Å². The molecule has 1 aromatic rings. The van der Waals surface area contributed by atoms with Crippen molar-refractivity contribution in [2.75, 3.05) is 11.9 Å². The van der Waals surface area contributed by atoms with E-state index in [2.05, 4.69) is 23.9 Å². The maximum atomic E-state index is 12.2. The molecule has 3 nitrogen and oxygen atoms in total. The molecule has 0 saturated carbocycles. The number of hydrogen-bond donors (Lipinski definition) is 1. The van der Waals surface area contributed by atoms with Crippen molar-refractivity contribution in [1.29, 1.82) is 0 Å². The highest BCUT2D eigenvalue weighted by Gasteiger charge is 2.31. The Hall–Kier alpha value is -1.07. The molecule has 21 heavy (non-hydrogen) atoms. The first-order chi connectivity index (χ1) is 9.92. The van der Waals surface area contributed by atoms with Crippen LogP contribution < -0.4 is 10.1 Å². The van der Waals surface area contributed by atoms with Gasteiger partial charge in [-0.25, -0.2) is 0 Å². The molecule has 1 N–H and O–H groups in total. The standard InChI is InChI=1S/C15H20ClF2NO2/c1-3-15(2)9-11(6-7-20-15)19-10-4-5-13(12(16)8-10)21-14(17)18/h4-5,8,11,14,19H,3,6-7,9H2,1-2H3. The molecule has 1 heterocycles. The van der Waals surface area contributed by atoms with Gasteiger partial charge >= 0.3 is 6.61 Å².